The largest absolute Gasteiger partial charge is 0.352 e. The van der Waals surface area contributed by atoms with Gasteiger partial charge in [0.15, 0.2) is 0 Å². The Hall–Kier alpha value is -3.02. The number of nitrogens with one attached hydrogen (secondary N) is 2. The van der Waals surface area contributed by atoms with Crippen LogP contribution in [0.4, 0.5) is 21.8 Å². The third-order valence-corrected chi connectivity index (χ3v) is 4.09. The maximum absolute atomic E-state index is 13.8. The molecule has 0 fully saturated rings. The molecule has 1 aromatic carbocycles. The summed E-state index contributed by atoms with van der Waals surface area (Å²) in [5.74, 6) is 0.833. The van der Waals surface area contributed by atoms with E-state index in [1.54, 1.807) is 19.2 Å². The van der Waals surface area contributed by atoms with Crippen molar-refractivity contribution in [1.29, 1.82) is 0 Å². The van der Waals surface area contributed by atoms with Gasteiger partial charge in [0.2, 0.25) is 5.95 Å². The average Bonchev–Trinajstić information content (AvgIpc) is 2.65. The number of benzene rings is 1. The molecule has 6 heteroatoms. The van der Waals surface area contributed by atoms with Gasteiger partial charge in [0, 0.05) is 24.0 Å². The summed E-state index contributed by atoms with van der Waals surface area (Å²) in [6.45, 7) is 5.89. The molecule has 0 saturated carbocycles. The van der Waals surface area contributed by atoms with E-state index < -0.39 is 0 Å². The van der Waals surface area contributed by atoms with Crippen LogP contribution in [-0.4, -0.2) is 21.0 Å². The molecule has 0 spiro atoms. The predicted molar refractivity (Wildman–Crippen MR) is 103 cm³/mol. The number of aryl methyl sites for hydroxylation is 1. The highest BCUT2D eigenvalue weighted by Crippen LogP contribution is 2.23. The molecular weight excluding hydrogens is 329 g/mol. The number of rotatable bonds is 6. The normalized spacial score (nSPS) is 11.8. The third-order valence-electron chi connectivity index (χ3n) is 4.09. The summed E-state index contributed by atoms with van der Waals surface area (Å²) >= 11 is 0. The van der Waals surface area contributed by atoms with Crippen molar-refractivity contribution in [2.45, 2.75) is 33.2 Å². The minimum Gasteiger partial charge on any atom is -0.352 e. The van der Waals surface area contributed by atoms with Crippen molar-refractivity contribution in [1.82, 2.24) is 15.0 Å². The zero-order valence-corrected chi connectivity index (χ0v) is 15.1. The van der Waals surface area contributed by atoms with Gasteiger partial charge in [-0.3, -0.25) is 4.98 Å². The lowest BCUT2D eigenvalue weighted by Gasteiger charge is -2.14. The lowest BCUT2D eigenvalue weighted by atomic mass is 10.2. The lowest BCUT2D eigenvalue weighted by Crippen LogP contribution is -2.16. The number of anilines is 3. The van der Waals surface area contributed by atoms with E-state index in [1.807, 2.05) is 30.3 Å². The van der Waals surface area contributed by atoms with Crippen LogP contribution in [-0.2, 0) is 0 Å². The van der Waals surface area contributed by atoms with E-state index >= 15 is 0 Å². The monoisotopic (exact) mass is 351 g/mol. The zero-order chi connectivity index (χ0) is 18.5. The van der Waals surface area contributed by atoms with E-state index in [4.69, 9.17) is 0 Å². The van der Waals surface area contributed by atoms with Gasteiger partial charge < -0.3 is 10.6 Å². The third kappa shape index (κ3) is 4.33. The van der Waals surface area contributed by atoms with E-state index in [2.05, 4.69) is 39.4 Å². The first-order valence-corrected chi connectivity index (χ1v) is 8.65. The van der Waals surface area contributed by atoms with Crippen molar-refractivity contribution < 1.29 is 4.39 Å². The summed E-state index contributed by atoms with van der Waals surface area (Å²) in [6.07, 6.45) is 2.67. The lowest BCUT2D eigenvalue weighted by molar-refractivity contribution is 0.619. The summed E-state index contributed by atoms with van der Waals surface area (Å²) < 4.78 is 13.8. The molecule has 3 aromatic rings. The fourth-order valence-electron chi connectivity index (χ4n) is 2.36. The fourth-order valence-corrected chi connectivity index (χ4v) is 2.36. The predicted octanol–water partition coefficient (Wildman–Crippen LogP) is 4.94. The van der Waals surface area contributed by atoms with Crippen molar-refractivity contribution in [3.8, 4) is 11.4 Å². The minimum absolute atomic E-state index is 0.235. The summed E-state index contributed by atoms with van der Waals surface area (Å²) in [6, 6.07) is 12.7. The van der Waals surface area contributed by atoms with Gasteiger partial charge in [-0.2, -0.15) is 4.98 Å². The molecule has 1 atom stereocenters. The summed E-state index contributed by atoms with van der Waals surface area (Å²) in [7, 11) is 0. The van der Waals surface area contributed by atoms with Crippen LogP contribution in [0.25, 0.3) is 11.4 Å². The maximum Gasteiger partial charge on any atom is 0.225 e. The molecule has 0 radical (unpaired) electrons. The highest BCUT2D eigenvalue weighted by molar-refractivity contribution is 5.65. The van der Waals surface area contributed by atoms with E-state index in [0.717, 1.165) is 12.1 Å². The van der Waals surface area contributed by atoms with Gasteiger partial charge in [0.05, 0.1) is 11.4 Å². The van der Waals surface area contributed by atoms with Crippen LogP contribution in [0.3, 0.4) is 0 Å². The van der Waals surface area contributed by atoms with Crippen LogP contribution in [0.2, 0.25) is 0 Å². The van der Waals surface area contributed by atoms with Crippen molar-refractivity contribution in [2.24, 2.45) is 0 Å². The molecule has 2 N–H and O–H groups in total. The molecule has 2 aromatic heterocycles. The Morgan fingerprint density at radius 3 is 2.62 bits per heavy atom. The maximum atomic E-state index is 13.8. The Morgan fingerprint density at radius 1 is 1.08 bits per heavy atom. The molecule has 0 saturated heterocycles. The van der Waals surface area contributed by atoms with Gasteiger partial charge >= 0.3 is 0 Å². The van der Waals surface area contributed by atoms with Crippen LogP contribution in [0.15, 0.2) is 48.7 Å². The van der Waals surface area contributed by atoms with Crippen LogP contribution < -0.4 is 10.6 Å². The van der Waals surface area contributed by atoms with Gasteiger partial charge in [-0.05, 0) is 50.1 Å². The van der Waals surface area contributed by atoms with E-state index in [-0.39, 0.29) is 11.9 Å². The van der Waals surface area contributed by atoms with Gasteiger partial charge in [-0.25, -0.2) is 9.37 Å². The highest BCUT2D eigenvalue weighted by Gasteiger charge is 2.10. The molecule has 0 amide bonds. The Bertz CT molecular complexity index is 883. The first-order valence-electron chi connectivity index (χ1n) is 8.65. The van der Waals surface area contributed by atoms with Gasteiger partial charge in [-0.1, -0.05) is 19.1 Å². The molecule has 3 rings (SSSR count). The van der Waals surface area contributed by atoms with Gasteiger partial charge in [-0.15, -0.1) is 0 Å². The highest BCUT2D eigenvalue weighted by atomic mass is 19.1. The minimum atomic E-state index is -0.257. The second-order valence-corrected chi connectivity index (χ2v) is 6.22. The molecule has 0 aliphatic carbocycles. The Morgan fingerprint density at radius 2 is 1.92 bits per heavy atom. The van der Waals surface area contributed by atoms with Crippen LogP contribution >= 0.6 is 0 Å². The van der Waals surface area contributed by atoms with Crippen molar-refractivity contribution >= 4 is 17.5 Å². The number of hydrogen-bond acceptors (Lipinski definition) is 5. The Labute approximate surface area is 152 Å². The molecule has 2 heterocycles. The van der Waals surface area contributed by atoms with Crippen LogP contribution in [0.5, 0.6) is 0 Å². The molecular formula is C20H22FN5. The molecule has 0 aliphatic rings. The van der Waals surface area contributed by atoms with E-state index in [9.17, 15) is 4.39 Å². The summed E-state index contributed by atoms with van der Waals surface area (Å²) in [5.41, 5.74) is 2.68. The number of pyridine rings is 1. The Kier molecular flexibility index (Phi) is 5.41. The average molecular weight is 351 g/mol. The first-order chi connectivity index (χ1) is 12.5. The summed E-state index contributed by atoms with van der Waals surface area (Å²) in [4.78, 5) is 13.4. The molecule has 26 heavy (non-hydrogen) atoms. The number of halogens is 1. The first kappa shape index (κ1) is 17.8. The fraction of sp³-hybridized carbons (Fsp3) is 0.250. The summed E-state index contributed by atoms with van der Waals surface area (Å²) in [5, 5.41) is 6.44. The second kappa shape index (κ2) is 7.91. The number of nitrogens with zero attached hydrogens (tertiary/aromatic N) is 3. The van der Waals surface area contributed by atoms with E-state index in [1.165, 1.54) is 6.07 Å². The molecule has 134 valence electrons. The quantitative estimate of drug-likeness (QED) is 0.658. The zero-order valence-electron chi connectivity index (χ0n) is 15.1. The van der Waals surface area contributed by atoms with E-state index in [0.29, 0.717) is 28.7 Å². The smallest absolute Gasteiger partial charge is 0.225 e. The molecule has 5 nitrogen and oxygen atoms in total. The van der Waals surface area contributed by atoms with Gasteiger partial charge in [0.25, 0.3) is 0 Å². The second-order valence-electron chi connectivity index (χ2n) is 6.22. The number of aromatic nitrogens is 3. The molecule has 0 unspecified atom stereocenters. The van der Waals surface area contributed by atoms with Crippen molar-refractivity contribution in [3.05, 3.63) is 60.0 Å². The van der Waals surface area contributed by atoms with Crippen molar-refractivity contribution in [2.75, 3.05) is 10.6 Å². The SMILES string of the molecule is CC[C@H](C)Nc1nc(Nc2ccc(C)c(F)c2)cc(-c2ccccn2)n1. The molecule has 0 bridgehead atoms. The molecule has 0 aliphatic heterocycles. The topological polar surface area (TPSA) is 62.7 Å². The number of hydrogen-bond donors (Lipinski definition) is 2. The van der Waals surface area contributed by atoms with Crippen LogP contribution in [0, 0.1) is 12.7 Å². The Balaban J connectivity index is 1.97. The van der Waals surface area contributed by atoms with Gasteiger partial charge in [0.1, 0.15) is 11.6 Å². The van der Waals surface area contributed by atoms with Crippen molar-refractivity contribution in [3.63, 3.8) is 0 Å². The standard InChI is InChI=1S/C20H22FN5/c1-4-14(3)23-20-25-18(17-7-5-6-10-22-17)12-19(26-20)24-15-9-8-13(2)16(21)11-15/h5-12,14H,4H2,1-3H3,(H2,23,24,25,26)/t14-/m0/s1. The van der Waals surface area contributed by atoms with Crippen LogP contribution in [0.1, 0.15) is 25.8 Å².